The van der Waals surface area contributed by atoms with Gasteiger partial charge < -0.3 is 4.90 Å². The molecule has 84 valence electrons. The molecule has 3 nitrogen and oxygen atoms in total. The highest BCUT2D eigenvalue weighted by Crippen LogP contribution is 2.28. The molecular weight excluding hydrogens is 198 g/mol. The van der Waals surface area contributed by atoms with E-state index in [1.807, 2.05) is 24.8 Å². The van der Waals surface area contributed by atoms with Crippen LogP contribution in [0.15, 0.2) is 36.5 Å². The van der Waals surface area contributed by atoms with Crippen LogP contribution in [-0.4, -0.2) is 23.9 Å². The second-order valence-corrected chi connectivity index (χ2v) is 3.98. The lowest BCUT2D eigenvalue weighted by Gasteiger charge is -2.10. The van der Waals surface area contributed by atoms with Crippen molar-refractivity contribution in [2.75, 3.05) is 19.0 Å². The van der Waals surface area contributed by atoms with Gasteiger partial charge in [-0.15, -0.1) is 0 Å². The number of aryl methyl sites for hydroxylation is 1. The van der Waals surface area contributed by atoms with E-state index in [2.05, 4.69) is 47.4 Å². The molecule has 0 unspecified atom stereocenters. The number of benzene rings is 1. The number of hydrogen-bond acceptors (Lipinski definition) is 2. The van der Waals surface area contributed by atoms with E-state index in [4.69, 9.17) is 0 Å². The van der Waals surface area contributed by atoms with Gasteiger partial charge in [0, 0.05) is 32.4 Å². The van der Waals surface area contributed by atoms with E-state index in [9.17, 15) is 0 Å². The van der Waals surface area contributed by atoms with Crippen molar-refractivity contribution in [3.05, 3.63) is 36.5 Å². The first-order valence-electron chi connectivity index (χ1n) is 5.52. The van der Waals surface area contributed by atoms with Gasteiger partial charge in [-0.1, -0.05) is 30.3 Å². The zero-order valence-electron chi connectivity index (χ0n) is 10.0. The smallest absolute Gasteiger partial charge is 0.158 e. The maximum absolute atomic E-state index is 4.55. The van der Waals surface area contributed by atoms with Gasteiger partial charge in [0.2, 0.25) is 0 Å². The first-order valence-corrected chi connectivity index (χ1v) is 5.52. The lowest BCUT2D eigenvalue weighted by Crippen LogP contribution is -2.11. The molecule has 16 heavy (non-hydrogen) atoms. The van der Waals surface area contributed by atoms with E-state index in [0.717, 1.165) is 12.4 Å². The van der Waals surface area contributed by atoms with Crippen LogP contribution in [0.2, 0.25) is 0 Å². The Balaban J connectivity index is 2.51. The molecule has 1 aromatic carbocycles. The summed E-state index contributed by atoms with van der Waals surface area (Å²) in [5.41, 5.74) is 2.40. The molecule has 0 saturated carbocycles. The second kappa shape index (κ2) is 4.39. The maximum Gasteiger partial charge on any atom is 0.158 e. The van der Waals surface area contributed by atoms with Crippen molar-refractivity contribution in [3.63, 3.8) is 0 Å². The van der Waals surface area contributed by atoms with Crippen molar-refractivity contribution in [1.29, 1.82) is 0 Å². The Hall–Kier alpha value is -1.77. The third-order valence-corrected chi connectivity index (χ3v) is 2.57. The summed E-state index contributed by atoms with van der Waals surface area (Å²) in [5.74, 6) is 1.02. The predicted octanol–water partition coefficient (Wildman–Crippen LogP) is 2.64. The van der Waals surface area contributed by atoms with E-state index in [-0.39, 0.29) is 0 Å². The second-order valence-electron chi connectivity index (χ2n) is 3.98. The fourth-order valence-corrected chi connectivity index (χ4v) is 1.72. The van der Waals surface area contributed by atoms with Gasteiger partial charge in [0.25, 0.3) is 0 Å². The van der Waals surface area contributed by atoms with E-state index >= 15 is 0 Å². The van der Waals surface area contributed by atoms with Crippen LogP contribution in [-0.2, 0) is 6.54 Å². The minimum atomic E-state index is 0.897. The minimum Gasteiger partial charge on any atom is -0.361 e. The molecule has 0 aliphatic heterocycles. The van der Waals surface area contributed by atoms with Crippen LogP contribution < -0.4 is 4.90 Å². The van der Waals surface area contributed by atoms with Gasteiger partial charge in [-0.05, 0) is 12.5 Å². The van der Waals surface area contributed by atoms with Gasteiger partial charge in [-0.25, -0.2) is 0 Å². The molecule has 3 heteroatoms. The zero-order chi connectivity index (χ0) is 11.5. The average Bonchev–Trinajstić information content (AvgIpc) is 2.74. The number of hydrogen-bond donors (Lipinski definition) is 0. The van der Waals surface area contributed by atoms with E-state index < -0.39 is 0 Å². The largest absolute Gasteiger partial charge is 0.361 e. The summed E-state index contributed by atoms with van der Waals surface area (Å²) in [6, 6.07) is 10.4. The molecule has 0 N–H and O–H groups in total. The van der Waals surface area contributed by atoms with Gasteiger partial charge in [0.1, 0.15) is 0 Å². The molecule has 2 rings (SSSR count). The first-order chi connectivity index (χ1) is 7.72. The van der Waals surface area contributed by atoms with Crippen LogP contribution in [0, 0.1) is 0 Å². The van der Waals surface area contributed by atoms with Crippen LogP contribution in [0.1, 0.15) is 6.92 Å². The summed E-state index contributed by atoms with van der Waals surface area (Å²) in [4.78, 5) is 2.05. The summed E-state index contributed by atoms with van der Waals surface area (Å²) in [6.07, 6.45) is 2.10. The van der Waals surface area contributed by atoms with Crippen molar-refractivity contribution in [1.82, 2.24) is 9.78 Å². The predicted molar refractivity (Wildman–Crippen MR) is 67.7 cm³/mol. The summed E-state index contributed by atoms with van der Waals surface area (Å²) in [6.45, 7) is 2.99. The molecule has 0 atom stereocenters. The summed E-state index contributed by atoms with van der Waals surface area (Å²) in [7, 11) is 4.05. The SMILES string of the molecule is CCn1cc(-c2ccccc2)c(N(C)C)n1. The van der Waals surface area contributed by atoms with E-state index in [1.165, 1.54) is 11.1 Å². The number of anilines is 1. The monoisotopic (exact) mass is 215 g/mol. The van der Waals surface area contributed by atoms with Gasteiger partial charge in [0.15, 0.2) is 5.82 Å². The van der Waals surface area contributed by atoms with Gasteiger partial charge in [0.05, 0.1) is 0 Å². The third-order valence-electron chi connectivity index (χ3n) is 2.57. The Morgan fingerprint density at radius 2 is 1.88 bits per heavy atom. The molecule has 1 heterocycles. The highest BCUT2D eigenvalue weighted by atomic mass is 15.3. The lowest BCUT2D eigenvalue weighted by atomic mass is 10.1. The van der Waals surface area contributed by atoms with E-state index in [0.29, 0.717) is 0 Å². The summed E-state index contributed by atoms with van der Waals surface area (Å²) < 4.78 is 1.97. The maximum atomic E-state index is 4.55. The molecule has 0 saturated heterocycles. The average molecular weight is 215 g/mol. The van der Waals surface area contributed by atoms with Crippen LogP contribution in [0.4, 0.5) is 5.82 Å². The topological polar surface area (TPSA) is 21.1 Å². The van der Waals surface area contributed by atoms with Crippen LogP contribution >= 0.6 is 0 Å². The van der Waals surface area contributed by atoms with E-state index in [1.54, 1.807) is 0 Å². The minimum absolute atomic E-state index is 0.897. The van der Waals surface area contributed by atoms with Crippen molar-refractivity contribution in [2.45, 2.75) is 13.5 Å². The summed E-state index contributed by atoms with van der Waals surface area (Å²) >= 11 is 0. The lowest BCUT2D eigenvalue weighted by molar-refractivity contribution is 0.658. The summed E-state index contributed by atoms with van der Waals surface area (Å²) in [5, 5.41) is 4.55. The fraction of sp³-hybridized carbons (Fsp3) is 0.308. The number of aromatic nitrogens is 2. The number of nitrogens with zero attached hydrogens (tertiary/aromatic N) is 3. The van der Waals surface area contributed by atoms with Crippen molar-refractivity contribution in [3.8, 4) is 11.1 Å². The van der Waals surface area contributed by atoms with Crippen LogP contribution in [0.5, 0.6) is 0 Å². The van der Waals surface area contributed by atoms with Crippen molar-refractivity contribution in [2.24, 2.45) is 0 Å². The highest BCUT2D eigenvalue weighted by Gasteiger charge is 2.11. The molecule has 0 fully saturated rings. The third kappa shape index (κ3) is 1.94. The molecule has 0 radical (unpaired) electrons. The Bertz CT molecular complexity index is 457. The molecule has 0 aliphatic carbocycles. The molecule has 0 aliphatic rings. The van der Waals surface area contributed by atoms with Crippen molar-refractivity contribution >= 4 is 5.82 Å². The highest BCUT2D eigenvalue weighted by molar-refractivity contribution is 5.75. The molecule has 2 aromatic rings. The first kappa shape index (κ1) is 10.7. The molecule has 0 bridgehead atoms. The van der Waals surface area contributed by atoms with Crippen molar-refractivity contribution < 1.29 is 0 Å². The van der Waals surface area contributed by atoms with Gasteiger partial charge >= 0.3 is 0 Å². The molecular formula is C13H17N3. The Labute approximate surface area is 96.3 Å². The molecule has 0 amide bonds. The normalized spacial score (nSPS) is 10.4. The molecule has 1 aromatic heterocycles. The van der Waals surface area contributed by atoms with Crippen LogP contribution in [0.3, 0.4) is 0 Å². The Morgan fingerprint density at radius 1 is 1.19 bits per heavy atom. The Kier molecular flexibility index (Phi) is 2.95. The standard InChI is InChI=1S/C13H17N3/c1-4-16-10-12(13(14-16)15(2)3)11-8-6-5-7-9-11/h5-10H,4H2,1-3H3. The quantitative estimate of drug-likeness (QED) is 0.784. The fourth-order valence-electron chi connectivity index (χ4n) is 1.72. The number of rotatable bonds is 3. The molecule has 0 spiro atoms. The Morgan fingerprint density at radius 3 is 2.44 bits per heavy atom. The van der Waals surface area contributed by atoms with Gasteiger partial charge in [-0.2, -0.15) is 5.10 Å². The zero-order valence-corrected chi connectivity index (χ0v) is 10.0. The van der Waals surface area contributed by atoms with Gasteiger partial charge in [-0.3, -0.25) is 4.68 Å². The van der Waals surface area contributed by atoms with Crippen LogP contribution in [0.25, 0.3) is 11.1 Å².